The van der Waals surface area contributed by atoms with E-state index in [1.807, 2.05) is 4.90 Å². The van der Waals surface area contributed by atoms with Crippen LogP contribution in [-0.2, 0) is 19.6 Å². The van der Waals surface area contributed by atoms with E-state index < -0.39 is 40.5 Å². The SMILES string of the molecule is CN1CCC(C(=O)OCCC(F)C(F)(F)S(=O)(=O)O)C1. The molecule has 0 saturated carbocycles. The summed E-state index contributed by atoms with van der Waals surface area (Å²) in [5.41, 5.74) is 0. The normalized spacial score (nSPS) is 22.8. The van der Waals surface area contributed by atoms with Crippen molar-refractivity contribution in [1.82, 2.24) is 4.90 Å². The van der Waals surface area contributed by atoms with E-state index in [9.17, 15) is 26.4 Å². The number of halogens is 3. The highest BCUT2D eigenvalue weighted by atomic mass is 32.2. The summed E-state index contributed by atoms with van der Waals surface area (Å²) in [7, 11) is -4.03. The van der Waals surface area contributed by atoms with Gasteiger partial charge in [-0.2, -0.15) is 17.2 Å². The quantitative estimate of drug-likeness (QED) is 0.573. The molecule has 10 heteroatoms. The van der Waals surface area contributed by atoms with Gasteiger partial charge in [-0.15, -0.1) is 0 Å². The Morgan fingerprint density at radius 1 is 1.55 bits per heavy atom. The Morgan fingerprint density at radius 2 is 2.15 bits per heavy atom. The van der Waals surface area contributed by atoms with Crippen molar-refractivity contribution in [2.45, 2.75) is 24.3 Å². The molecule has 0 aromatic carbocycles. The summed E-state index contributed by atoms with van der Waals surface area (Å²) in [4.78, 5) is 13.4. The minimum absolute atomic E-state index is 0.389. The van der Waals surface area contributed by atoms with E-state index in [-0.39, 0.29) is 5.92 Å². The van der Waals surface area contributed by atoms with Crippen LogP contribution < -0.4 is 0 Å². The van der Waals surface area contributed by atoms with Gasteiger partial charge in [0.2, 0.25) is 0 Å². The smallest absolute Gasteiger partial charge is 0.400 e. The lowest BCUT2D eigenvalue weighted by Gasteiger charge is -2.17. The highest BCUT2D eigenvalue weighted by Gasteiger charge is 2.52. The molecular formula is C10H16F3NO5S. The van der Waals surface area contributed by atoms with Crippen LogP contribution >= 0.6 is 0 Å². The Hall–Kier alpha value is -0.870. The van der Waals surface area contributed by atoms with Crippen molar-refractivity contribution in [1.29, 1.82) is 0 Å². The van der Waals surface area contributed by atoms with Gasteiger partial charge in [-0.1, -0.05) is 0 Å². The third kappa shape index (κ3) is 4.06. The molecule has 0 aliphatic carbocycles. The van der Waals surface area contributed by atoms with E-state index in [1.54, 1.807) is 7.05 Å². The van der Waals surface area contributed by atoms with Gasteiger partial charge in [0.1, 0.15) is 0 Å². The van der Waals surface area contributed by atoms with E-state index in [2.05, 4.69) is 4.74 Å². The van der Waals surface area contributed by atoms with Crippen LogP contribution in [0.3, 0.4) is 0 Å². The molecule has 1 aliphatic heterocycles. The largest absolute Gasteiger partial charge is 0.465 e. The van der Waals surface area contributed by atoms with E-state index in [4.69, 9.17) is 4.55 Å². The van der Waals surface area contributed by atoms with Gasteiger partial charge in [-0.3, -0.25) is 9.35 Å². The summed E-state index contributed by atoms with van der Waals surface area (Å²) < 4.78 is 72.2. The van der Waals surface area contributed by atoms with Crippen LogP contribution in [0, 0.1) is 5.92 Å². The Bertz CT molecular complexity index is 456. The van der Waals surface area contributed by atoms with E-state index in [0.717, 1.165) is 0 Å². The molecule has 1 rings (SSSR count). The highest BCUT2D eigenvalue weighted by molar-refractivity contribution is 7.86. The molecule has 1 aliphatic rings. The number of hydrogen-bond donors (Lipinski definition) is 1. The molecule has 0 aromatic rings. The molecule has 0 radical (unpaired) electrons. The molecule has 0 amide bonds. The van der Waals surface area contributed by atoms with Gasteiger partial charge in [-0.05, 0) is 20.0 Å². The second kappa shape index (κ2) is 6.27. The zero-order valence-electron chi connectivity index (χ0n) is 10.8. The lowest BCUT2D eigenvalue weighted by molar-refractivity contribution is -0.149. The summed E-state index contributed by atoms with van der Waals surface area (Å²) in [6, 6.07) is 0. The molecule has 0 bridgehead atoms. The maximum Gasteiger partial charge on any atom is 0.400 e. The van der Waals surface area contributed by atoms with Gasteiger partial charge in [0.05, 0.1) is 12.5 Å². The average molecular weight is 319 g/mol. The molecule has 2 atom stereocenters. The Labute approximate surface area is 114 Å². The van der Waals surface area contributed by atoms with E-state index >= 15 is 0 Å². The van der Waals surface area contributed by atoms with Gasteiger partial charge in [-0.25, -0.2) is 4.39 Å². The first kappa shape index (κ1) is 17.2. The number of ether oxygens (including phenoxy) is 1. The molecule has 0 spiro atoms. The zero-order valence-corrected chi connectivity index (χ0v) is 11.6. The van der Waals surface area contributed by atoms with Gasteiger partial charge >= 0.3 is 21.3 Å². The predicted octanol–water partition coefficient (Wildman–Crippen LogP) is 0.690. The molecule has 2 unspecified atom stereocenters. The third-order valence-electron chi connectivity index (χ3n) is 3.05. The lowest BCUT2D eigenvalue weighted by Crippen LogP contribution is -2.39. The monoisotopic (exact) mass is 319 g/mol. The van der Waals surface area contributed by atoms with Crippen LogP contribution in [0.1, 0.15) is 12.8 Å². The number of nitrogens with zero attached hydrogens (tertiary/aromatic N) is 1. The molecule has 1 saturated heterocycles. The Kier molecular flexibility index (Phi) is 5.39. The van der Waals surface area contributed by atoms with Crippen molar-refractivity contribution in [3.8, 4) is 0 Å². The summed E-state index contributed by atoms with van der Waals surface area (Å²) >= 11 is 0. The summed E-state index contributed by atoms with van der Waals surface area (Å²) in [5.74, 6) is -1.02. The number of likely N-dealkylation sites (tertiary alicyclic amines) is 1. The van der Waals surface area contributed by atoms with Gasteiger partial charge in [0, 0.05) is 13.0 Å². The maximum atomic E-state index is 13.1. The third-order valence-corrected chi connectivity index (χ3v) is 3.99. The van der Waals surface area contributed by atoms with Crippen molar-refractivity contribution < 1.29 is 35.7 Å². The number of rotatable bonds is 6. The second-order valence-corrected chi connectivity index (χ2v) is 6.20. The Morgan fingerprint density at radius 3 is 2.60 bits per heavy atom. The molecule has 0 aromatic heterocycles. The summed E-state index contributed by atoms with van der Waals surface area (Å²) in [6.45, 7) is 0.497. The Balaban J connectivity index is 2.39. The van der Waals surface area contributed by atoms with Gasteiger partial charge in [0.15, 0.2) is 6.17 Å². The van der Waals surface area contributed by atoms with Crippen LogP contribution in [0.15, 0.2) is 0 Å². The van der Waals surface area contributed by atoms with Crippen molar-refractivity contribution >= 4 is 16.1 Å². The average Bonchev–Trinajstić information content (AvgIpc) is 2.74. The number of carbonyl (C=O) groups excluding carboxylic acids is 1. The molecular weight excluding hydrogens is 303 g/mol. The van der Waals surface area contributed by atoms with Gasteiger partial charge < -0.3 is 9.64 Å². The number of hydrogen-bond acceptors (Lipinski definition) is 5. The van der Waals surface area contributed by atoms with Gasteiger partial charge in [0.25, 0.3) is 0 Å². The molecule has 1 heterocycles. The molecule has 1 N–H and O–H groups in total. The lowest BCUT2D eigenvalue weighted by atomic mass is 10.1. The number of alkyl halides is 3. The van der Waals surface area contributed by atoms with E-state index in [1.165, 1.54) is 0 Å². The second-order valence-electron chi connectivity index (χ2n) is 4.71. The number of carbonyl (C=O) groups is 1. The maximum absolute atomic E-state index is 13.1. The molecule has 20 heavy (non-hydrogen) atoms. The predicted molar refractivity (Wildman–Crippen MR) is 62.6 cm³/mol. The topological polar surface area (TPSA) is 83.9 Å². The van der Waals surface area contributed by atoms with Crippen molar-refractivity contribution in [3.05, 3.63) is 0 Å². The molecule has 6 nitrogen and oxygen atoms in total. The molecule has 118 valence electrons. The van der Waals surface area contributed by atoms with Crippen LogP contribution in [0.5, 0.6) is 0 Å². The van der Waals surface area contributed by atoms with Crippen LogP contribution in [0.25, 0.3) is 0 Å². The van der Waals surface area contributed by atoms with Crippen molar-refractivity contribution in [3.63, 3.8) is 0 Å². The van der Waals surface area contributed by atoms with Crippen molar-refractivity contribution in [2.24, 2.45) is 5.92 Å². The first-order chi connectivity index (χ1) is 9.05. The first-order valence-electron chi connectivity index (χ1n) is 5.89. The van der Waals surface area contributed by atoms with Crippen LogP contribution in [-0.4, -0.2) is 62.0 Å². The molecule has 1 fully saturated rings. The van der Waals surface area contributed by atoms with Crippen molar-refractivity contribution in [2.75, 3.05) is 26.7 Å². The minimum Gasteiger partial charge on any atom is -0.465 e. The summed E-state index contributed by atoms with van der Waals surface area (Å²) in [5, 5.41) is -4.91. The standard InChI is InChI=1S/C10H16F3NO5S/c1-14-4-2-7(6-14)9(15)19-5-3-8(11)10(12,13)20(16,17)18/h7-8H,2-6H2,1H3,(H,16,17,18). The number of esters is 1. The minimum atomic E-state index is -5.83. The fraction of sp³-hybridized carbons (Fsp3) is 0.900. The van der Waals surface area contributed by atoms with E-state index in [0.29, 0.717) is 19.5 Å². The highest BCUT2D eigenvalue weighted by Crippen LogP contribution is 2.29. The zero-order chi connectivity index (χ0) is 15.6. The van der Waals surface area contributed by atoms with Crippen LogP contribution in [0.2, 0.25) is 0 Å². The fourth-order valence-corrected chi connectivity index (χ4v) is 2.28. The van der Waals surface area contributed by atoms with Crippen LogP contribution in [0.4, 0.5) is 13.2 Å². The fourth-order valence-electron chi connectivity index (χ4n) is 1.84. The summed E-state index contributed by atoms with van der Waals surface area (Å²) in [6.07, 6.45) is -3.59. The first-order valence-corrected chi connectivity index (χ1v) is 7.33.